The van der Waals surface area contributed by atoms with Crippen molar-refractivity contribution >= 4 is 0 Å². The Balaban J connectivity index is 1.78. The van der Waals surface area contributed by atoms with Crippen molar-refractivity contribution < 1.29 is 9.63 Å². The fourth-order valence-electron chi connectivity index (χ4n) is 2.98. The Morgan fingerprint density at radius 2 is 2.00 bits per heavy atom. The molecule has 5 nitrogen and oxygen atoms in total. The van der Waals surface area contributed by atoms with Crippen molar-refractivity contribution in [1.29, 1.82) is 0 Å². The molecule has 0 bridgehead atoms. The van der Waals surface area contributed by atoms with E-state index in [4.69, 9.17) is 4.52 Å². The van der Waals surface area contributed by atoms with E-state index in [0.717, 1.165) is 56.8 Å². The zero-order chi connectivity index (χ0) is 15.2. The Bertz CT molecular complexity index is 411. The monoisotopic (exact) mass is 295 g/mol. The van der Waals surface area contributed by atoms with Crippen molar-refractivity contribution in [3.63, 3.8) is 0 Å². The summed E-state index contributed by atoms with van der Waals surface area (Å²) < 4.78 is 5.36. The lowest BCUT2D eigenvalue weighted by atomic mass is 9.86. The van der Waals surface area contributed by atoms with Crippen molar-refractivity contribution in [2.45, 2.75) is 65.0 Å². The Labute approximate surface area is 127 Å². The zero-order valence-corrected chi connectivity index (χ0v) is 13.6. The minimum Gasteiger partial charge on any atom is -0.396 e. The summed E-state index contributed by atoms with van der Waals surface area (Å²) in [5.74, 6) is 2.72. The van der Waals surface area contributed by atoms with Gasteiger partial charge in [-0.05, 0) is 51.0 Å². The van der Waals surface area contributed by atoms with Gasteiger partial charge >= 0.3 is 0 Å². The van der Waals surface area contributed by atoms with Crippen LogP contribution in [0.25, 0.3) is 0 Å². The minimum absolute atomic E-state index is 0.333. The molecule has 1 fully saturated rings. The molecular formula is C16H29N3O2. The number of nitrogens with zero attached hydrogens (tertiary/aromatic N) is 3. The van der Waals surface area contributed by atoms with Gasteiger partial charge in [0.1, 0.15) is 0 Å². The molecule has 1 aromatic heterocycles. The molecule has 1 N–H and O–H groups in total. The number of aryl methyl sites for hydroxylation is 1. The van der Waals surface area contributed by atoms with Gasteiger partial charge in [-0.2, -0.15) is 4.98 Å². The van der Waals surface area contributed by atoms with Crippen molar-refractivity contribution in [3.05, 3.63) is 11.7 Å². The largest absolute Gasteiger partial charge is 0.396 e. The summed E-state index contributed by atoms with van der Waals surface area (Å²) in [7, 11) is 2.13. The lowest BCUT2D eigenvalue weighted by Crippen LogP contribution is -2.35. The van der Waals surface area contributed by atoms with E-state index >= 15 is 0 Å². The molecule has 0 radical (unpaired) electrons. The highest BCUT2D eigenvalue weighted by molar-refractivity contribution is 4.88. The lowest BCUT2D eigenvalue weighted by molar-refractivity contribution is 0.116. The lowest BCUT2D eigenvalue weighted by Gasteiger charge is -2.33. The number of rotatable bonds is 7. The van der Waals surface area contributed by atoms with Crippen LogP contribution in [0.1, 0.15) is 57.7 Å². The molecule has 21 heavy (non-hydrogen) atoms. The maximum absolute atomic E-state index is 9.20. The summed E-state index contributed by atoms with van der Waals surface area (Å²) in [5, 5.41) is 13.3. The number of aliphatic hydroxyl groups is 1. The van der Waals surface area contributed by atoms with Crippen molar-refractivity contribution in [1.82, 2.24) is 15.0 Å². The van der Waals surface area contributed by atoms with E-state index in [0.29, 0.717) is 24.5 Å². The molecule has 0 spiro atoms. The van der Waals surface area contributed by atoms with E-state index in [9.17, 15) is 5.11 Å². The Hall–Kier alpha value is -0.940. The van der Waals surface area contributed by atoms with Crippen LogP contribution in [0.4, 0.5) is 0 Å². The summed E-state index contributed by atoms with van der Waals surface area (Å²) in [6.07, 6.45) is 6.53. The van der Waals surface area contributed by atoms with Crippen LogP contribution in [-0.2, 0) is 13.0 Å². The second-order valence-electron chi connectivity index (χ2n) is 6.81. The van der Waals surface area contributed by atoms with Crippen LogP contribution >= 0.6 is 0 Å². The van der Waals surface area contributed by atoms with Gasteiger partial charge in [0.2, 0.25) is 5.89 Å². The molecule has 1 aromatic rings. The second-order valence-corrected chi connectivity index (χ2v) is 6.81. The third-order valence-corrected chi connectivity index (χ3v) is 4.54. The van der Waals surface area contributed by atoms with Crippen molar-refractivity contribution in [2.75, 3.05) is 13.7 Å². The standard InChI is InChI=1S/C16H29N3O2/c1-12(2)4-9-15-17-16(21-18-15)10-19(3)14-7-5-13(11-20)6-8-14/h12-14,20H,4-11H2,1-3H3. The average Bonchev–Trinajstić information content (AvgIpc) is 2.92. The second kappa shape index (κ2) is 7.90. The van der Waals surface area contributed by atoms with Crippen LogP contribution in [0.2, 0.25) is 0 Å². The molecule has 0 unspecified atom stereocenters. The molecule has 5 heteroatoms. The van der Waals surface area contributed by atoms with E-state index < -0.39 is 0 Å². The molecule has 0 amide bonds. The maximum Gasteiger partial charge on any atom is 0.240 e. The molecule has 0 aromatic carbocycles. The maximum atomic E-state index is 9.20. The molecule has 0 aliphatic heterocycles. The first-order chi connectivity index (χ1) is 10.1. The first kappa shape index (κ1) is 16.4. The quantitative estimate of drug-likeness (QED) is 0.838. The minimum atomic E-state index is 0.333. The van der Waals surface area contributed by atoms with Crippen molar-refractivity contribution in [2.24, 2.45) is 11.8 Å². The normalized spacial score (nSPS) is 23.1. The fourth-order valence-corrected chi connectivity index (χ4v) is 2.98. The Morgan fingerprint density at radius 1 is 1.29 bits per heavy atom. The van der Waals surface area contributed by atoms with Gasteiger partial charge in [-0.15, -0.1) is 0 Å². The molecular weight excluding hydrogens is 266 g/mol. The number of hydrogen-bond donors (Lipinski definition) is 1. The predicted molar refractivity (Wildman–Crippen MR) is 81.8 cm³/mol. The molecule has 2 rings (SSSR count). The first-order valence-corrected chi connectivity index (χ1v) is 8.21. The summed E-state index contributed by atoms with van der Waals surface area (Å²) in [6, 6.07) is 0.568. The van der Waals surface area contributed by atoms with Gasteiger partial charge in [-0.3, -0.25) is 4.90 Å². The van der Waals surface area contributed by atoms with Gasteiger partial charge in [0.15, 0.2) is 5.82 Å². The predicted octanol–water partition coefficient (Wildman–Crippen LogP) is 2.64. The van der Waals surface area contributed by atoms with Crippen molar-refractivity contribution in [3.8, 4) is 0 Å². The molecule has 0 atom stereocenters. The topological polar surface area (TPSA) is 62.4 Å². The molecule has 1 saturated carbocycles. The molecule has 1 aliphatic rings. The third-order valence-electron chi connectivity index (χ3n) is 4.54. The van der Waals surface area contributed by atoms with Crippen LogP contribution in [0.3, 0.4) is 0 Å². The highest BCUT2D eigenvalue weighted by Gasteiger charge is 2.24. The van der Waals surface area contributed by atoms with Gasteiger partial charge < -0.3 is 9.63 Å². The Kier molecular flexibility index (Phi) is 6.18. The molecule has 1 heterocycles. The van der Waals surface area contributed by atoms with Gasteiger partial charge in [0.25, 0.3) is 0 Å². The highest BCUT2D eigenvalue weighted by atomic mass is 16.5. The summed E-state index contributed by atoms with van der Waals surface area (Å²) in [6.45, 7) is 5.47. The zero-order valence-electron chi connectivity index (χ0n) is 13.6. The van der Waals surface area contributed by atoms with Crippen LogP contribution in [0, 0.1) is 11.8 Å². The molecule has 1 aliphatic carbocycles. The Morgan fingerprint density at radius 3 is 2.62 bits per heavy atom. The summed E-state index contributed by atoms with van der Waals surface area (Å²) in [4.78, 5) is 6.80. The fraction of sp³-hybridized carbons (Fsp3) is 0.875. The highest BCUT2D eigenvalue weighted by Crippen LogP contribution is 2.27. The van der Waals surface area contributed by atoms with Crippen LogP contribution in [-0.4, -0.2) is 39.8 Å². The van der Waals surface area contributed by atoms with E-state index in [1.165, 1.54) is 0 Å². The first-order valence-electron chi connectivity index (χ1n) is 8.21. The van der Waals surface area contributed by atoms with E-state index in [2.05, 4.69) is 35.9 Å². The summed E-state index contributed by atoms with van der Waals surface area (Å²) >= 11 is 0. The number of aromatic nitrogens is 2. The van der Waals surface area contributed by atoms with Gasteiger partial charge in [0.05, 0.1) is 6.54 Å². The third kappa shape index (κ3) is 5.08. The van der Waals surface area contributed by atoms with Gasteiger partial charge in [-0.1, -0.05) is 19.0 Å². The average molecular weight is 295 g/mol. The molecule has 120 valence electrons. The summed E-state index contributed by atoms with van der Waals surface area (Å²) in [5.41, 5.74) is 0. The molecule has 0 saturated heterocycles. The van der Waals surface area contributed by atoms with E-state index in [1.54, 1.807) is 0 Å². The van der Waals surface area contributed by atoms with Gasteiger partial charge in [0, 0.05) is 19.1 Å². The van der Waals surface area contributed by atoms with E-state index in [-0.39, 0.29) is 0 Å². The SMILES string of the molecule is CC(C)CCc1noc(CN(C)C2CCC(CO)CC2)n1. The van der Waals surface area contributed by atoms with Crippen LogP contribution < -0.4 is 0 Å². The van der Waals surface area contributed by atoms with Gasteiger partial charge in [-0.25, -0.2) is 0 Å². The number of aliphatic hydroxyl groups excluding tert-OH is 1. The van der Waals surface area contributed by atoms with E-state index in [1.807, 2.05) is 0 Å². The number of hydrogen-bond acceptors (Lipinski definition) is 5. The van der Waals surface area contributed by atoms with Crippen LogP contribution in [0.15, 0.2) is 4.52 Å². The smallest absolute Gasteiger partial charge is 0.240 e. The van der Waals surface area contributed by atoms with Crippen LogP contribution in [0.5, 0.6) is 0 Å².